The number of benzene rings is 1. The van der Waals surface area contributed by atoms with Crippen LogP contribution < -0.4 is 0 Å². The summed E-state index contributed by atoms with van der Waals surface area (Å²) >= 11 is 0. The molecule has 1 fully saturated rings. The number of aliphatic hydroxyl groups is 2. The molecule has 1 unspecified atom stereocenters. The molecule has 0 saturated heterocycles. The maximum atomic E-state index is 11.5. The minimum absolute atomic E-state index is 0.0302. The molecule has 3 nitrogen and oxygen atoms in total. The smallest absolute Gasteiger partial charge is 0.167 e. The van der Waals surface area contributed by atoms with E-state index in [2.05, 4.69) is 13.0 Å². The number of hydrogen-bond donors (Lipinski definition) is 2. The number of rotatable bonds is 7. The van der Waals surface area contributed by atoms with Gasteiger partial charge < -0.3 is 15.0 Å². The van der Waals surface area contributed by atoms with Gasteiger partial charge in [-0.25, -0.2) is 0 Å². The fourth-order valence-electron chi connectivity index (χ4n) is 3.75. The molecule has 1 aliphatic carbocycles. The van der Waals surface area contributed by atoms with E-state index < -0.39 is 11.7 Å². The van der Waals surface area contributed by atoms with E-state index in [9.17, 15) is 15.0 Å². The average molecular weight is 318 g/mol. The van der Waals surface area contributed by atoms with Crippen molar-refractivity contribution in [1.29, 1.82) is 0 Å². The van der Waals surface area contributed by atoms with E-state index in [0.717, 1.165) is 17.9 Å². The largest absolute Gasteiger partial charge is 0.365 e. The van der Waals surface area contributed by atoms with E-state index in [0.29, 0.717) is 0 Å². The number of Topliss-reactive ketones (excluding diaryl/α,β-unsaturated/α-hetero) is 1. The zero-order valence-corrected chi connectivity index (χ0v) is 14.6. The molecule has 0 spiro atoms. The highest BCUT2D eigenvalue weighted by molar-refractivity contribution is 5.76. The van der Waals surface area contributed by atoms with Gasteiger partial charge in [0, 0.05) is 12.3 Å². The first kappa shape index (κ1) is 18.2. The molecule has 2 rings (SSSR count). The van der Waals surface area contributed by atoms with Gasteiger partial charge in [0.15, 0.2) is 5.79 Å². The van der Waals surface area contributed by atoms with E-state index in [1.807, 2.05) is 12.1 Å². The first-order valence-corrected chi connectivity index (χ1v) is 8.81. The summed E-state index contributed by atoms with van der Waals surface area (Å²) in [7, 11) is 0. The van der Waals surface area contributed by atoms with Crippen molar-refractivity contribution in [3.05, 3.63) is 34.9 Å². The highest BCUT2D eigenvalue weighted by atomic mass is 16.5. The minimum atomic E-state index is -1.89. The molecular formula is C20H30O3. The van der Waals surface area contributed by atoms with Crippen LogP contribution in [0.25, 0.3) is 0 Å². The molecule has 0 aliphatic heterocycles. The van der Waals surface area contributed by atoms with Crippen molar-refractivity contribution in [2.24, 2.45) is 5.92 Å². The summed E-state index contributed by atoms with van der Waals surface area (Å²) in [5.41, 5.74) is 3.36. The highest BCUT2D eigenvalue weighted by Gasteiger charge is 2.32. The first-order valence-electron chi connectivity index (χ1n) is 8.81. The molecule has 1 atom stereocenters. The van der Waals surface area contributed by atoms with Crippen molar-refractivity contribution in [2.45, 2.75) is 77.4 Å². The maximum Gasteiger partial charge on any atom is 0.167 e. The highest BCUT2D eigenvalue weighted by Crippen LogP contribution is 2.33. The maximum absolute atomic E-state index is 11.5. The minimum Gasteiger partial charge on any atom is -0.365 e. The van der Waals surface area contributed by atoms with Gasteiger partial charge in [0.2, 0.25) is 0 Å². The summed E-state index contributed by atoms with van der Waals surface area (Å²) in [4.78, 5) is 11.5. The third-order valence-electron chi connectivity index (χ3n) is 5.22. The molecule has 3 heteroatoms. The van der Waals surface area contributed by atoms with E-state index in [-0.39, 0.29) is 12.2 Å². The molecule has 0 amide bonds. The molecule has 0 radical (unpaired) electrons. The monoisotopic (exact) mass is 318 g/mol. The quantitative estimate of drug-likeness (QED) is 0.750. The second-order valence-electron chi connectivity index (χ2n) is 7.43. The van der Waals surface area contributed by atoms with Gasteiger partial charge >= 0.3 is 0 Å². The molecule has 0 heterocycles. The first-order chi connectivity index (χ1) is 10.8. The van der Waals surface area contributed by atoms with Gasteiger partial charge in [-0.3, -0.25) is 0 Å². The molecule has 0 bridgehead atoms. The van der Waals surface area contributed by atoms with Crippen LogP contribution in [0, 0.1) is 12.8 Å². The summed E-state index contributed by atoms with van der Waals surface area (Å²) in [6.07, 6.45) is 7.79. The van der Waals surface area contributed by atoms with Gasteiger partial charge in [-0.2, -0.15) is 0 Å². The average Bonchev–Trinajstić information content (AvgIpc) is 2.96. The van der Waals surface area contributed by atoms with Crippen LogP contribution in [0.3, 0.4) is 0 Å². The molecule has 23 heavy (non-hydrogen) atoms. The van der Waals surface area contributed by atoms with Gasteiger partial charge in [-0.15, -0.1) is 0 Å². The van der Waals surface area contributed by atoms with E-state index in [1.165, 1.54) is 57.1 Å². The van der Waals surface area contributed by atoms with Crippen LogP contribution in [0.4, 0.5) is 0 Å². The predicted molar refractivity (Wildman–Crippen MR) is 92.3 cm³/mol. The number of aryl methyl sites for hydroxylation is 2. The van der Waals surface area contributed by atoms with Crippen molar-refractivity contribution in [3.63, 3.8) is 0 Å². The lowest BCUT2D eigenvalue weighted by molar-refractivity contribution is -0.167. The fourth-order valence-corrected chi connectivity index (χ4v) is 3.75. The molecule has 0 aromatic heterocycles. The van der Waals surface area contributed by atoms with Crippen LogP contribution in [0.5, 0.6) is 0 Å². The standard InChI is InChI=1S/C20H30O3/c1-14-8-10-18(19(12-15(2)21)20(3,22)23)13-17(14)11-9-16-6-4-5-7-16/h8,10,13,16,19,22-23H,4-7,9,11-12H2,1-3H3. The molecule has 1 aromatic carbocycles. The summed E-state index contributed by atoms with van der Waals surface area (Å²) in [5.74, 6) is -1.65. The third kappa shape index (κ3) is 5.15. The SMILES string of the molecule is CC(=O)CC(c1ccc(C)c(CCC2CCCC2)c1)C(C)(O)O. The Morgan fingerprint density at radius 3 is 2.52 bits per heavy atom. The van der Waals surface area contributed by atoms with Crippen molar-refractivity contribution >= 4 is 5.78 Å². The molecule has 128 valence electrons. The van der Waals surface area contributed by atoms with Gasteiger partial charge in [0.25, 0.3) is 0 Å². The molecule has 1 aromatic rings. The number of ketones is 1. The Morgan fingerprint density at radius 1 is 1.30 bits per heavy atom. The molecule has 2 N–H and O–H groups in total. The Kier molecular flexibility index (Phi) is 5.99. The lowest BCUT2D eigenvalue weighted by atomic mass is 9.84. The van der Waals surface area contributed by atoms with E-state index in [1.54, 1.807) is 0 Å². The Labute approximate surface area is 139 Å². The van der Waals surface area contributed by atoms with Crippen LogP contribution in [0.2, 0.25) is 0 Å². The van der Waals surface area contributed by atoms with Crippen LogP contribution in [-0.4, -0.2) is 21.8 Å². The van der Waals surface area contributed by atoms with Gasteiger partial charge in [0.1, 0.15) is 5.78 Å². The zero-order valence-electron chi connectivity index (χ0n) is 14.6. The normalized spacial score (nSPS) is 17.4. The van der Waals surface area contributed by atoms with Gasteiger partial charge in [-0.1, -0.05) is 43.9 Å². The third-order valence-corrected chi connectivity index (χ3v) is 5.22. The van der Waals surface area contributed by atoms with Crippen LogP contribution in [-0.2, 0) is 11.2 Å². The molecule has 1 saturated carbocycles. The number of carbonyl (C=O) groups is 1. The second kappa shape index (κ2) is 7.59. The van der Waals surface area contributed by atoms with E-state index in [4.69, 9.17) is 0 Å². The summed E-state index contributed by atoms with van der Waals surface area (Å²) in [6.45, 7) is 4.96. The summed E-state index contributed by atoms with van der Waals surface area (Å²) in [6, 6.07) is 6.04. The molecule has 1 aliphatic rings. The summed E-state index contributed by atoms with van der Waals surface area (Å²) < 4.78 is 0. The van der Waals surface area contributed by atoms with Crippen LogP contribution >= 0.6 is 0 Å². The Hall–Kier alpha value is -1.19. The topological polar surface area (TPSA) is 57.5 Å². The lowest BCUT2D eigenvalue weighted by Crippen LogP contribution is -2.33. The van der Waals surface area contributed by atoms with Gasteiger partial charge in [-0.05, 0) is 56.2 Å². The van der Waals surface area contributed by atoms with Crippen molar-refractivity contribution < 1.29 is 15.0 Å². The number of hydrogen-bond acceptors (Lipinski definition) is 3. The zero-order chi connectivity index (χ0) is 17.0. The van der Waals surface area contributed by atoms with E-state index >= 15 is 0 Å². The lowest BCUT2D eigenvalue weighted by Gasteiger charge is -2.28. The Morgan fingerprint density at radius 2 is 1.96 bits per heavy atom. The van der Waals surface area contributed by atoms with Crippen LogP contribution in [0.1, 0.15) is 75.0 Å². The van der Waals surface area contributed by atoms with Crippen LogP contribution in [0.15, 0.2) is 18.2 Å². The second-order valence-corrected chi connectivity index (χ2v) is 7.43. The van der Waals surface area contributed by atoms with Gasteiger partial charge in [0.05, 0.1) is 0 Å². The Balaban J connectivity index is 2.17. The number of carbonyl (C=O) groups excluding carboxylic acids is 1. The van der Waals surface area contributed by atoms with Crippen molar-refractivity contribution in [3.8, 4) is 0 Å². The fraction of sp³-hybridized carbons (Fsp3) is 0.650. The molecular weight excluding hydrogens is 288 g/mol. The van der Waals surface area contributed by atoms with Crippen molar-refractivity contribution in [2.75, 3.05) is 0 Å². The predicted octanol–water partition coefficient (Wildman–Crippen LogP) is 3.88. The van der Waals surface area contributed by atoms with Crippen molar-refractivity contribution in [1.82, 2.24) is 0 Å². The summed E-state index contributed by atoms with van der Waals surface area (Å²) in [5, 5.41) is 20.1. The Bertz CT molecular complexity index is 536.